The molecule has 1 aliphatic carbocycles. The summed E-state index contributed by atoms with van der Waals surface area (Å²) in [5, 5.41) is 8.23. The first-order valence-corrected chi connectivity index (χ1v) is 6.40. The number of amides is 1. The van der Waals surface area contributed by atoms with Crippen LogP contribution in [-0.2, 0) is 24.2 Å². The quantitative estimate of drug-likeness (QED) is 0.769. The number of aromatic nitrogens is 3. The fourth-order valence-corrected chi connectivity index (χ4v) is 2.07. The minimum absolute atomic E-state index is 0.207. The third kappa shape index (κ3) is 3.28. The summed E-state index contributed by atoms with van der Waals surface area (Å²) < 4.78 is 1.96. The maximum Gasteiger partial charge on any atom is 0.223 e. The Morgan fingerprint density at radius 2 is 2.29 bits per heavy atom. The molecule has 0 atom stereocenters. The molecule has 1 fully saturated rings. The lowest BCUT2D eigenvalue weighted by Gasteiger charge is -2.06. The van der Waals surface area contributed by atoms with Gasteiger partial charge in [0.15, 0.2) is 0 Å². The molecule has 17 heavy (non-hydrogen) atoms. The summed E-state index contributed by atoms with van der Waals surface area (Å²) in [5.74, 6) is 0.546. The molecule has 1 amide bonds. The molecule has 0 aliphatic heterocycles. The number of carbonyl (C=O) groups is 1. The van der Waals surface area contributed by atoms with E-state index in [2.05, 4.69) is 17.2 Å². The van der Waals surface area contributed by atoms with Crippen molar-refractivity contribution in [1.29, 1.82) is 0 Å². The lowest BCUT2D eigenvalue weighted by atomic mass is 10.1. The van der Waals surface area contributed by atoms with E-state index >= 15 is 0 Å². The zero-order valence-electron chi connectivity index (χ0n) is 10.4. The first-order valence-electron chi connectivity index (χ1n) is 6.40. The highest BCUT2D eigenvalue weighted by Gasteiger charge is 2.22. The highest BCUT2D eigenvalue weighted by molar-refractivity contribution is 5.76. The third-order valence-electron chi connectivity index (χ3n) is 3.19. The van der Waals surface area contributed by atoms with Crippen molar-refractivity contribution >= 4 is 5.91 Å². The molecule has 2 rings (SSSR count). The van der Waals surface area contributed by atoms with Crippen molar-refractivity contribution in [3.8, 4) is 0 Å². The van der Waals surface area contributed by atoms with Crippen molar-refractivity contribution in [2.45, 2.75) is 52.0 Å². The number of hydrogen-bond donors (Lipinski definition) is 1. The van der Waals surface area contributed by atoms with E-state index in [9.17, 15) is 4.79 Å². The molecule has 5 nitrogen and oxygen atoms in total. The van der Waals surface area contributed by atoms with E-state index in [-0.39, 0.29) is 12.3 Å². The second-order valence-corrected chi connectivity index (χ2v) is 4.83. The number of rotatable bonds is 7. The largest absolute Gasteiger partial charge is 0.369 e. The molecule has 94 valence electrons. The number of primary amides is 1. The Morgan fingerprint density at radius 3 is 2.88 bits per heavy atom. The highest BCUT2D eigenvalue weighted by atomic mass is 16.1. The van der Waals surface area contributed by atoms with E-state index in [0.29, 0.717) is 0 Å². The van der Waals surface area contributed by atoms with E-state index in [1.807, 2.05) is 4.68 Å². The van der Waals surface area contributed by atoms with Crippen LogP contribution < -0.4 is 5.73 Å². The van der Waals surface area contributed by atoms with Crippen LogP contribution in [0.25, 0.3) is 0 Å². The van der Waals surface area contributed by atoms with Gasteiger partial charge >= 0.3 is 0 Å². The van der Waals surface area contributed by atoms with Gasteiger partial charge in [0, 0.05) is 6.54 Å². The Kier molecular flexibility index (Phi) is 3.76. The predicted octanol–water partition coefficient (Wildman–Crippen LogP) is 1.06. The van der Waals surface area contributed by atoms with Crippen LogP contribution in [-0.4, -0.2) is 20.9 Å². The van der Waals surface area contributed by atoms with Crippen LogP contribution in [0.3, 0.4) is 0 Å². The second-order valence-electron chi connectivity index (χ2n) is 4.83. The summed E-state index contributed by atoms with van der Waals surface area (Å²) in [5.41, 5.74) is 7.06. The van der Waals surface area contributed by atoms with Crippen LogP contribution in [0.1, 0.15) is 44.0 Å². The minimum Gasteiger partial charge on any atom is -0.369 e. The van der Waals surface area contributed by atoms with E-state index in [1.54, 1.807) is 0 Å². The molecular weight excluding hydrogens is 216 g/mol. The molecule has 1 aromatic rings. The van der Waals surface area contributed by atoms with Crippen molar-refractivity contribution in [1.82, 2.24) is 15.0 Å². The van der Waals surface area contributed by atoms with Gasteiger partial charge in [0.1, 0.15) is 0 Å². The van der Waals surface area contributed by atoms with E-state index < -0.39 is 0 Å². The van der Waals surface area contributed by atoms with Crippen LogP contribution in [0.15, 0.2) is 0 Å². The van der Waals surface area contributed by atoms with Crippen LogP contribution in [0.2, 0.25) is 0 Å². The SMILES string of the molecule is CCCc1c(CC(N)=O)nnn1CCC1CC1. The summed E-state index contributed by atoms with van der Waals surface area (Å²) in [6.07, 6.45) is 6.04. The molecule has 0 aromatic carbocycles. The summed E-state index contributed by atoms with van der Waals surface area (Å²) in [6.45, 7) is 3.04. The van der Waals surface area contributed by atoms with Gasteiger partial charge in [-0.2, -0.15) is 0 Å². The van der Waals surface area contributed by atoms with Gasteiger partial charge in [-0.05, 0) is 18.8 Å². The molecule has 0 unspecified atom stereocenters. The first kappa shape index (κ1) is 12.1. The van der Waals surface area contributed by atoms with Gasteiger partial charge in [-0.3, -0.25) is 4.79 Å². The van der Waals surface area contributed by atoms with Gasteiger partial charge in [0.25, 0.3) is 0 Å². The fraction of sp³-hybridized carbons (Fsp3) is 0.750. The van der Waals surface area contributed by atoms with Crippen molar-refractivity contribution in [3.63, 3.8) is 0 Å². The van der Waals surface area contributed by atoms with Crippen molar-refractivity contribution in [2.75, 3.05) is 0 Å². The van der Waals surface area contributed by atoms with Gasteiger partial charge < -0.3 is 5.73 Å². The maximum atomic E-state index is 11.0. The Morgan fingerprint density at radius 1 is 1.53 bits per heavy atom. The monoisotopic (exact) mass is 236 g/mol. The Labute approximate surface area is 101 Å². The number of aryl methyl sites for hydroxylation is 1. The summed E-state index contributed by atoms with van der Waals surface area (Å²) in [7, 11) is 0. The molecule has 1 saturated carbocycles. The lowest BCUT2D eigenvalue weighted by molar-refractivity contribution is -0.117. The number of nitrogens with two attached hydrogens (primary N) is 1. The van der Waals surface area contributed by atoms with Crippen molar-refractivity contribution in [3.05, 3.63) is 11.4 Å². The van der Waals surface area contributed by atoms with Gasteiger partial charge in [-0.15, -0.1) is 5.10 Å². The minimum atomic E-state index is -0.336. The van der Waals surface area contributed by atoms with Gasteiger partial charge in [-0.25, -0.2) is 4.68 Å². The molecule has 0 saturated heterocycles. The molecule has 2 N–H and O–H groups in total. The highest BCUT2D eigenvalue weighted by Crippen LogP contribution is 2.32. The van der Waals surface area contributed by atoms with Crippen molar-refractivity contribution in [2.24, 2.45) is 11.7 Å². The van der Waals surface area contributed by atoms with Crippen molar-refractivity contribution < 1.29 is 4.79 Å². The molecule has 0 radical (unpaired) electrons. The van der Waals surface area contributed by atoms with E-state index in [4.69, 9.17) is 5.73 Å². The molecular formula is C12H20N4O. The van der Waals surface area contributed by atoms with Crippen LogP contribution >= 0.6 is 0 Å². The smallest absolute Gasteiger partial charge is 0.223 e. The lowest BCUT2D eigenvalue weighted by Crippen LogP contribution is -2.15. The number of hydrogen-bond acceptors (Lipinski definition) is 3. The Balaban J connectivity index is 2.06. The van der Waals surface area contributed by atoms with Crippen LogP contribution in [0.4, 0.5) is 0 Å². The fourth-order valence-electron chi connectivity index (χ4n) is 2.07. The third-order valence-corrected chi connectivity index (χ3v) is 3.19. The number of carbonyl (C=O) groups excluding carboxylic acids is 1. The summed E-state index contributed by atoms with van der Waals surface area (Å²) >= 11 is 0. The average Bonchev–Trinajstić information content (AvgIpc) is 3.03. The predicted molar refractivity (Wildman–Crippen MR) is 64.3 cm³/mol. The normalized spacial score (nSPS) is 15.1. The molecule has 1 heterocycles. The van der Waals surface area contributed by atoms with Crippen LogP contribution in [0, 0.1) is 5.92 Å². The van der Waals surface area contributed by atoms with E-state index in [0.717, 1.165) is 36.7 Å². The van der Waals surface area contributed by atoms with E-state index in [1.165, 1.54) is 19.3 Å². The number of nitrogens with zero attached hydrogens (tertiary/aromatic N) is 3. The van der Waals surface area contributed by atoms with Gasteiger partial charge in [0.05, 0.1) is 17.8 Å². The molecule has 1 aromatic heterocycles. The zero-order valence-corrected chi connectivity index (χ0v) is 10.4. The van der Waals surface area contributed by atoms with Crippen LogP contribution in [0.5, 0.6) is 0 Å². The van der Waals surface area contributed by atoms with Gasteiger partial charge in [-0.1, -0.05) is 31.4 Å². The molecule has 1 aliphatic rings. The maximum absolute atomic E-state index is 11.0. The second kappa shape index (κ2) is 5.29. The molecule has 0 spiro atoms. The average molecular weight is 236 g/mol. The zero-order chi connectivity index (χ0) is 12.3. The molecule has 0 bridgehead atoms. The Hall–Kier alpha value is -1.39. The standard InChI is InChI=1S/C12H20N4O/c1-2-3-11-10(8-12(13)17)14-15-16(11)7-6-9-4-5-9/h9H,2-8H2,1H3,(H2,13,17). The van der Waals surface area contributed by atoms with Gasteiger partial charge in [0.2, 0.25) is 5.91 Å². The summed E-state index contributed by atoms with van der Waals surface area (Å²) in [4.78, 5) is 11.0. The molecule has 5 heteroatoms. The topological polar surface area (TPSA) is 73.8 Å². The first-order chi connectivity index (χ1) is 8.20. The Bertz CT molecular complexity index is 395. The summed E-state index contributed by atoms with van der Waals surface area (Å²) in [6, 6.07) is 0.